The molecule has 2 heterocycles. The molecule has 0 bridgehead atoms. The fourth-order valence-corrected chi connectivity index (χ4v) is 4.12. The lowest BCUT2D eigenvalue weighted by Gasteiger charge is -2.23. The third kappa shape index (κ3) is 3.25. The lowest BCUT2D eigenvalue weighted by molar-refractivity contribution is -0.125. The Labute approximate surface area is 154 Å². The second-order valence-electron chi connectivity index (χ2n) is 7.56. The van der Waals surface area contributed by atoms with E-state index in [1.165, 1.54) is 16.7 Å². The van der Waals surface area contributed by atoms with Crippen LogP contribution in [0.5, 0.6) is 0 Å². The molecule has 0 aromatic heterocycles. The Kier molecular flexibility index (Phi) is 4.98. The highest BCUT2D eigenvalue weighted by Crippen LogP contribution is 2.33. The van der Waals surface area contributed by atoms with Crippen molar-refractivity contribution in [2.45, 2.75) is 63.8 Å². The number of benzene rings is 1. The van der Waals surface area contributed by atoms with Gasteiger partial charge in [0.05, 0.1) is 12.2 Å². The van der Waals surface area contributed by atoms with Crippen molar-refractivity contribution in [1.29, 1.82) is 0 Å². The molecule has 1 aliphatic carbocycles. The quantitative estimate of drug-likeness (QED) is 0.640. The van der Waals surface area contributed by atoms with Crippen molar-refractivity contribution in [3.05, 3.63) is 34.9 Å². The number of amides is 1. The summed E-state index contributed by atoms with van der Waals surface area (Å²) in [4.78, 5) is 20.3. The highest BCUT2D eigenvalue weighted by atomic mass is 16.7. The van der Waals surface area contributed by atoms with Gasteiger partial charge in [-0.25, -0.2) is 0 Å². The molecule has 2 aliphatic heterocycles. The van der Waals surface area contributed by atoms with Crippen LogP contribution in [0.3, 0.4) is 0 Å². The van der Waals surface area contributed by atoms with Crippen LogP contribution in [0.25, 0.3) is 0 Å². The third-order valence-corrected chi connectivity index (χ3v) is 5.96. The van der Waals surface area contributed by atoms with Gasteiger partial charge < -0.3 is 5.32 Å². The van der Waals surface area contributed by atoms with Crippen molar-refractivity contribution >= 4 is 5.91 Å². The minimum absolute atomic E-state index is 0.0265. The minimum Gasteiger partial charge on any atom is -0.348 e. The first-order valence-corrected chi connectivity index (χ1v) is 9.62. The molecule has 26 heavy (non-hydrogen) atoms. The average molecular weight is 359 g/mol. The van der Waals surface area contributed by atoms with E-state index in [1.54, 1.807) is 0 Å². The summed E-state index contributed by atoms with van der Waals surface area (Å²) < 4.78 is 0. The van der Waals surface area contributed by atoms with Gasteiger partial charge in [0.15, 0.2) is 0 Å². The Morgan fingerprint density at radius 3 is 2.96 bits per heavy atom. The number of likely N-dealkylation sites (N-methyl/N-ethyl adjacent to an activating group) is 1. The number of fused-ring (bicyclic) bond motifs is 1. The number of nitrogens with one attached hydrogen (secondary N) is 4. The third-order valence-electron chi connectivity index (χ3n) is 5.96. The molecular weight excluding hydrogens is 330 g/mol. The van der Waals surface area contributed by atoms with E-state index in [2.05, 4.69) is 58.4 Å². The van der Waals surface area contributed by atoms with Crippen LogP contribution < -0.4 is 21.4 Å². The Bertz CT molecular complexity index is 682. The molecule has 4 unspecified atom stereocenters. The van der Waals surface area contributed by atoms with Crippen molar-refractivity contribution in [3.8, 4) is 0 Å². The molecule has 3 aliphatic rings. The van der Waals surface area contributed by atoms with Crippen LogP contribution >= 0.6 is 0 Å². The van der Waals surface area contributed by atoms with Crippen LogP contribution in [0, 0.1) is 0 Å². The summed E-state index contributed by atoms with van der Waals surface area (Å²) >= 11 is 0. The highest BCUT2D eigenvalue weighted by molar-refractivity contribution is 5.83. The van der Waals surface area contributed by atoms with Gasteiger partial charge in [-0.3, -0.25) is 25.2 Å². The molecule has 1 aromatic rings. The lowest BCUT2D eigenvalue weighted by atomic mass is 10.0. The zero-order chi connectivity index (χ0) is 18.3. The fourth-order valence-electron chi connectivity index (χ4n) is 4.12. The summed E-state index contributed by atoms with van der Waals surface area (Å²) in [6.07, 6.45) is 3.20. The summed E-state index contributed by atoms with van der Waals surface area (Å²) in [6, 6.07) is 6.53. The number of rotatable bonds is 4. The van der Waals surface area contributed by atoms with Crippen molar-refractivity contribution in [3.63, 3.8) is 0 Å². The smallest absolute Gasteiger partial charge is 0.239 e. The van der Waals surface area contributed by atoms with Gasteiger partial charge in [0, 0.05) is 6.54 Å². The van der Waals surface area contributed by atoms with Gasteiger partial charge in [-0.15, -0.1) is 0 Å². The van der Waals surface area contributed by atoms with E-state index in [9.17, 15) is 4.79 Å². The van der Waals surface area contributed by atoms with E-state index < -0.39 is 0 Å². The van der Waals surface area contributed by atoms with Crippen LogP contribution in [0.15, 0.2) is 18.2 Å². The number of hydroxylamine groups is 1. The van der Waals surface area contributed by atoms with E-state index in [-0.39, 0.29) is 36.6 Å². The van der Waals surface area contributed by atoms with E-state index in [1.807, 2.05) is 7.05 Å². The lowest BCUT2D eigenvalue weighted by Crippen LogP contribution is -2.45. The van der Waals surface area contributed by atoms with Crippen molar-refractivity contribution in [1.82, 2.24) is 26.3 Å². The summed E-state index contributed by atoms with van der Waals surface area (Å²) in [7, 11) is 2.00. The molecule has 7 heteroatoms. The van der Waals surface area contributed by atoms with Crippen molar-refractivity contribution in [2.75, 3.05) is 13.6 Å². The molecule has 4 N–H and O–H groups in total. The van der Waals surface area contributed by atoms with E-state index >= 15 is 0 Å². The van der Waals surface area contributed by atoms with Gasteiger partial charge in [-0.1, -0.05) is 25.1 Å². The van der Waals surface area contributed by atoms with E-state index in [0.29, 0.717) is 6.54 Å². The van der Waals surface area contributed by atoms with Crippen LogP contribution in [0.2, 0.25) is 0 Å². The molecule has 2 fully saturated rings. The minimum atomic E-state index is -0.0941. The Morgan fingerprint density at radius 1 is 1.42 bits per heavy atom. The van der Waals surface area contributed by atoms with E-state index in [0.717, 1.165) is 19.3 Å². The molecule has 1 aromatic carbocycles. The van der Waals surface area contributed by atoms with Crippen LogP contribution in [0.4, 0.5) is 0 Å². The van der Waals surface area contributed by atoms with Gasteiger partial charge in [-0.2, -0.15) is 5.48 Å². The Hall–Kier alpha value is -1.51. The SMILES string of the molecule is CCC1NC(c2ccc3c(c2)CC[C@H]3NC(=O)C2CNC(C)N2C)NO1. The maximum absolute atomic E-state index is 12.7. The fraction of sp³-hybridized carbons (Fsp3) is 0.632. The second kappa shape index (κ2) is 7.25. The number of aryl methyl sites for hydroxylation is 1. The van der Waals surface area contributed by atoms with Crippen LogP contribution in [0.1, 0.15) is 55.6 Å². The molecule has 0 radical (unpaired) electrons. The zero-order valence-corrected chi connectivity index (χ0v) is 15.7. The van der Waals surface area contributed by atoms with Gasteiger partial charge in [0.1, 0.15) is 18.4 Å². The predicted octanol–water partition coefficient (Wildman–Crippen LogP) is 0.899. The molecule has 142 valence electrons. The first kappa shape index (κ1) is 17.9. The Balaban J connectivity index is 1.43. The first-order chi connectivity index (χ1) is 12.6. The van der Waals surface area contributed by atoms with Crippen molar-refractivity contribution < 1.29 is 9.63 Å². The number of nitrogens with zero attached hydrogens (tertiary/aromatic N) is 1. The second-order valence-corrected chi connectivity index (χ2v) is 7.56. The summed E-state index contributed by atoms with van der Waals surface area (Å²) in [5, 5.41) is 10.0. The number of carbonyl (C=O) groups excluding carboxylic acids is 1. The summed E-state index contributed by atoms with van der Waals surface area (Å²) in [5.41, 5.74) is 6.81. The Morgan fingerprint density at radius 2 is 2.27 bits per heavy atom. The molecular formula is C19H29N5O2. The molecule has 0 saturated carbocycles. The van der Waals surface area contributed by atoms with Crippen LogP contribution in [-0.2, 0) is 16.1 Å². The molecule has 0 spiro atoms. The van der Waals surface area contributed by atoms with Gasteiger partial charge in [0.2, 0.25) is 5.91 Å². The molecule has 1 amide bonds. The molecule has 7 nitrogen and oxygen atoms in total. The van der Waals surface area contributed by atoms with Gasteiger partial charge in [-0.05, 0) is 49.9 Å². The molecule has 5 atom stereocenters. The zero-order valence-electron chi connectivity index (χ0n) is 15.7. The topological polar surface area (TPSA) is 77.7 Å². The van der Waals surface area contributed by atoms with Crippen molar-refractivity contribution in [2.24, 2.45) is 0 Å². The summed E-state index contributed by atoms with van der Waals surface area (Å²) in [5.74, 6) is 0.115. The summed E-state index contributed by atoms with van der Waals surface area (Å²) in [6.45, 7) is 4.88. The number of hydrogen-bond donors (Lipinski definition) is 4. The number of carbonyl (C=O) groups is 1. The number of hydrogen-bond acceptors (Lipinski definition) is 6. The van der Waals surface area contributed by atoms with Gasteiger partial charge >= 0.3 is 0 Å². The average Bonchev–Trinajstić information content (AvgIpc) is 3.35. The largest absolute Gasteiger partial charge is 0.348 e. The maximum Gasteiger partial charge on any atom is 0.239 e. The molecule has 2 saturated heterocycles. The monoisotopic (exact) mass is 359 g/mol. The standard InChI is InChI=1S/C19H29N5O2/c1-4-17-22-18(23-26-17)13-5-7-14-12(9-13)6-8-15(14)21-19(25)16-10-20-11(2)24(16)3/h5,7,9,11,15-18,20,22-23H,4,6,8,10H2,1-3H3,(H,21,25)/t11?,15-,16?,17?,18?/m1/s1. The highest BCUT2D eigenvalue weighted by Gasteiger charge is 2.35. The first-order valence-electron chi connectivity index (χ1n) is 9.62. The molecule has 4 rings (SSSR count). The van der Waals surface area contributed by atoms with E-state index in [4.69, 9.17) is 4.84 Å². The normalized spacial score (nSPS) is 34.2. The predicted molar refractivity (Wildman–Crippen MR) is 98.8 cm³/mol. The maximum atomic E-state index is 12.7. The van der Waals surface area contributed by atoms with Gasteiger partial charge in [0.25, 0.3) is 0 Å². The van der Waals surface area contributed by atoms with Crippen LogP contribution in [-0.4, -0.2) is 42.8 Å².